The number of benzene rings is 5. The minimum Gasteiger partial charge on any atom is -0.309 e. The molecule has 0 atom stereocenters. The average molecular weight is 525 g/mol. The number of hydrogen-bond acceptors (Lipinski definition) is 2. The second kappa shape index (κ2) is 8.53. The van der Waals surface area contributed by atoms with E-state index < -0.39 is 0 Å². The molecule has 0 amide bonds. The summed E-state index contributed by atoms with van der Waals surface area (Å²) in [7, 11) is 0. The zero-order valence-corrected chi connectivity index (χ0v) is 23.4. The van der Waals surface area contributed by atoms with Crippen LogP contribution in [0.5, 0.6) is 0 Å². The smallest absolute Gasteiger partial charge is 0.277 e. The number of rotatable bonds is 3. The van der Waals surface area contributed by atoms with E-state index in [-0.39, 0.29) is 21.4 Å². The molecule has 0 fully saturated rings. The predicted molar refractivity (Wildman–Crippen MR) is 166 cm³/mol. The van der Waals surface area contributed by atoms with Gasteiger partial charge in [-0.05, 0) is 81.5 Å². The number of aromatic nitrogens is 1. The van der Waals surface area contributed by atoms with Crippen molar-refractivity contribution in [2.45, 2.75) is 51.4 Å². The molecule has 1 aliphatic carbocycles. The highest BCUT2D eigenvalue weighted by Crippen LogP contribution is 2.49. The zero-order chi connectivity index (χ0) is 27.8. The fraction of sp³-hybridized carbons (Fsp3) is 0.222. The SMILES string of the molecule is CC1(C)CCC(C)(C)c2cc([N+](=O)[O-])c(-c3ccc4c5c6ccccc6ccc5n(-c5ccccc5)c4c3)cc21. The molecule has 0 N–H and O–H groups in total. The summed E-state index contributed by atoms with van der Waals surface area (Å²) in [4.78, 5) is 12.3. The maximum atomic E-state index is 12.5. The quantitative estimate of drug-likeness (QED) is 0.171. The number of nitrogens with zero attached hydrogens (tertiary/aromatic N) is 2. The molecular formula is C36H32N2O2. The Kier molecular flexibility index (Phi) is 5.24. The molecule has 6 aromatic rings. The number of para-hydroxylation sites is 1. The molecule has 0 saturated carbocycles. The highest BCUT2D eigenvalue weighted by Gasteiger charge is 2.39. The molecule has 0 bridgehead atoms. The van der Waals surface area contributed by atoms with Crippen LogP contribution in [0.1, 0.15) is 51.7 Å². The minimum absolute atomic E-state index is 0.0450. The molecule has 40 heavy (non-hydrogen) atoms. The van der Waals surface area contributed by atoms with Crippen molar-refractivity contribution in [3.8, 4) is 16.8 Å². The molecule has 4 nitrogen and oxygen atoms in total. The van der Waals surface area contributed by atoms with Crippen LogP contribution in [0.4, 0.5) is 5.69 Å². The molecule has 1 heterocycles. The van der Waals surface area contributed by atoms with Crippen LogP contribution in [-0.4, -0.2) is 9.49 Å². The molecule has 198 valence electrons. The Labute approximate surface area is 234 Å². The van der Waals surface area contributed by atoms with Crippen molar-refractivity contribution >= 4 is 38.3 Å². The van der Waals surface area contributed by atoms with Crippen LogP contribution in [0.2, 0.25) is 0 Å². The molecule has 1 aromatic heterocycles. The number of fused-ring (bicyclic) bond motifs is 6. The van der Waals surface area contributed by atoms with Crippen molar-refractivity contribution in [3.05, 3.63) is 118 Å². The Balaban J connectivity index is 1.57. The zero-order valence-electron chi connectivity index (χ0n) is 23.4. The summed E-state index contributed by atoms with van der Waals surface area (Å²) in [5.74, 6) is 0. The van der Waals surface area contributed by atoms with E-state index in [0.717, 1.165) is 46.1 Å². The van der Waals surface area contributed by atoms with Crippen molar-refractivity contribution in [2.24, 2.45) is 0 Å². The summed E-state index contributed by atoms with van der Waals surface area (Å²) in [6, 6.07) is 33.5. The van der Waals surface area contributed by atoms with E-state index in [1.807, 2.05) is 12.1 Å². The number of nitro benzene ring substituents is 1. The van der Waals surface area contributed by atoms with Crippen LogP contribution < -0.4 is 0 Å². The standard InChI is InChI=1S/C36H32N2O2/c1-35(2)18-19-36(3,4)30-22-33(38(39)40)28(21-29(30)35)24-14-16-27-32(20-24)37(25-11-6-5-7-12-25)31-17-15-23-10-8-9-13-26(23)34(27)31/h5-17,20-22H,18-19H2,1-4H3. The van der Waals surface area contributed by atoms with Crippen LogP contribution >= 0.6 is 0 Å². The Bertz CT molecular complexity index is 1980. The molecule has 5 aromatic carbocycles. The van der Waals surface area contributed by atoms with Gasteiger partial charge in [0.15, 0.2) is 0 Å². The summed E-state index contributed by atoms with van der Waals surface area (Å²) >= 11 is 0. The van der Waals surface area contributed by atoms with Crippen molar-refractivity contribution in [1.82, 2.24) is 4.57 Å². The van der Waals surface area contributed by atoms with Gasteiger partial charge in [0.1, 0.15) is 0 Å². The predicted octanol–water partition coefficient (Wildman–Crippen LogP) is 9.86. The van der Waals surface area contributed by atoms with Crippen LogP contribution in [-0.2, 0) is 10.8 Å². The van der Waals surface area contributed by atoms with Gasteiger partial charge < -0.3 is 4.57 Å². The fourth-order valence-corrected chi connectivity index (χ4v) is 6.79. The second-order valence-corrected chi connectivity index (χ2v) is 12.5. The van der Waals surface area contributed by atoms with E-state index >= 15 is 0 Å². The van der Waals surface area contributed by atoms with Crippen LogP contribution in [0, 0.1) is 10.1 Å². The van der Waals surface area contributed by atoms with Gasteiger partial charge in [-0.3, -0.25) is 10.1 Å². The summed E-state index contributed by atoms with van der Waals surface area (Å²) < 4.78 is 2.29. The Morgan fingerprint density at radius 2 is 1.38 bits per heavy atom. The normalized spacial score (nSPS) is 15.9. The molecule has 1 aliphatic rings. The van der Waals surface area contributed by atoms with Gasteiger partial charge in [0.2, 0.25) is 0 Å². The molecule has 0 radical (unpaired) electrons. The third-order valence-electron chi connectivity index (χ3n) is 9.15. The Morgan fingerprint density at radius 1 is 0.700 bits per heavy atom. The maximum Gasteiger partial charge on any atom is 0.277 e. The van der Waals surface area contributed by atoms with Crippen molar-refractivity contribution in [3.63, 3.8) is 0 Å². The molecule has 0 spiro atoms. The third kappa shape index (κ3) is 3.59. The molecular weight excluding hydrogens is 492 g/mol. The number of hydrogen-bond donors (Lipinski definition) is 0. The maximum absolute atomic E-state index is 12.5. The van der Waals surface area contributed by atoms with Crippen molar-refractivity contribution in [1.29, 1.82) is 0 Å². The van der Waals surface area contributed by atoms with Crippen molar-refractivity contribution < 1.29 is 4.92 Å². The average Bonchev–Trinajstić information content (AvgIpc) is 3.29. The molecule has 7 rings (SSSR count). The van der Waals surface area contributed by atoms with Gasteiger partial charge in [-0.15, -0.1) is 0 Å². The van der Waals surface area contributed by atoms with E-state index in [4.69, 9.17) is 0 Å². The van der Waals surface area contributed by atoms with Crippen molar-refractivity contribution in [2.75, 3.05) is 0 Å². The highest BCUT2D eigenvalue weighted by molar-refractivity contribution is 6.21. The monoisotopic (exact) mass is 524 g/mol. The largest absolute Gasteiger partial charge is 0.309 e. The third-order valence-corrected chi connectivity index (χ3v) is 9.15. The first-order chi connectivity index (χ1) is 19.2. The summed E-state index contributed by atoms with van der Waals surface area (Å²) in [6.07, 6.45) is 2.07. The first kappa shape index (κ1) is 24.6. The van der Waals surface area contributed by atoms with Crippen LogP contribution in [0.25, 0.3) is 49.4 Å². The van der Waals surface area contributed by atoms with E-state index in [1.54, 1.807) is 0 Å². The van der Waals surface area contributed by atoms with E-state index in [9.17, 15) is 10.1 Å². The van der Waals surface area contributed by atoms with E-state index in [1.165, 1.54) is 21.7 Å². The first-order valence-electron chi connectivity index (χ1n) is 14.0. The summed E-state index contributed by atoms with van der Waals surface area (Å²) in [6.45, 7) is 8.94. The first-order valence-corrected chi connectivity index (χ1v) is 14.0. The second-order valence-electron chi connectivity index (χ2n) is 12.5. The lowest BCUT2D eigenvalue weighted by Crippen LogP contribution is -2.34. The lowest BCUT2D eigenvalue weighted by atomic mass is 9.62. The summed E-state index contributed by atoms with van der Waals surface area (Å²) in [5.41, 5.74) is 7.15. The molecule has 4 heteroatoms. The topological polar surface area (TPSA) is 48.1 Å². The highest BCUT2D eigenvalue weighted by atomic mass is 16.6. The molecule has 0 aliphatic heterocycles. The summed E-state index contributed by atoms with van der Waals surface area (Å²) in [5, 5.41) is 17.2. The van der Waals surface area contributed by atoms with E-state index in [0.29, 0.717) is 5.56 Å². The van der Waals surface area contributed by atoms with Gasteiger partial charge >= 0.3 is 0 Å². The van der Waals surface area contributed by atoms with Gasteiger partial charge in [-0.1, -0.05) is 88.4 Å². The van der Waals surface area contributed by atoms with Crippen LogP contribution in [0.15, 0.2) is 97.1 Å². The lowest BCUT2D eigenvalue weighted by Gasteiger charge is -2.41. The minimum atomic E-state index is -0.211. The van der Waals surface area contributed by atoms with Gasteiger partial charge in [0.05, 0.1) is 21.5 Å². The van der Waals surface area contributed by atoms with Gasteiger partial charge in [-0.25, -0.2) is 0 Å². The van der Waals surface area contributed by atoms with Gasteiger partial charge in [0, 0.05) is 22.5 Å². The lowest BCUT2D eigenvalue weighted by molar-refractivity contribution is -0.384. The van der Waals surface area contributed by atoms with E-state index in [2.05, 4.69) is 117 Å². The van der Waals surface area contributed by atoms with Gasteiger partial charge in [0.25, 0.3) is 5.69 Å². The fourth-order valence-electron chi connectivity index (χ4n) is 6.79. The van der Waals surface area contributed by atoms with Gasteiger partial charge in [-0.2, -0.15) is 0 Å². The Morgan fingerprint density at radius 3 is 2.10 bits per heavy atom. The van der Waals surface area contributed by atoms with Crippen LogP contribution in [0.3, 0.4) is 0 Å². The number of nitro groups is 1. The molecule has 0 saturated heterocycles. The molecule has 0 unspecified atom stereocenters. The Hall–Kier alpha value is -4.44.